The second kappa shape index (κ2) is 12.1. The first kappa shape index (κ1) is 30.7. The van der Waals surface area contributed by atoms with Crippen LogP contribution in [0.5, 0.6) is 11.5 Å². The predicted molar refractivity (Wildman–Crippen MR) is 152 cm³/mol. The lowest BCUT2D eigenvalue weighted by atomic mass is 9.48. The highest BCUT2D eigenvalue weighted by atomic mass is 32.3. The maximum atomic E-state index is 11.9. The quantitative estimate of drug-likeness (QED) is 0.148. The van der Waals surface area contributed by atoms with E-state index in [2.05, 4.69) is 33.8 Å². The third-order valence-corrected chi connectivity index (χ3v) is 10.1. The molecule has 0 spiro atoms. The molecule has 2 aliphatic carbocycles. The molecule has 1 saturated carbocycles. The molecule has 1 aromatic carbocycles. The highest BCUT2D eigenvalue weighted by Crippen LogP contribution is 2.60. The van der Waals surface area contributed by atoms with Gasteiger partial charge in [-0.25, -0.2) is 4.18 Å². The summed E-state index contributed by atoms with van der Waals surface area (Å²) in [6.45, 7) is 13.3. The number of fused-ring (bicyclic) bond motifs is 1. The van der Waals surface area contributed by atoms with Gasteiger partial charge in [0.25, 0.3) is 0 Å². The molecule has 1 aromatic rings. The standard InChI is InChI=1S/C31H48O6S/c1-21(11-13-24-19-25(32)14-15-27(24)33)9-7-10-23(3)28(37-38(34,35)36)20-26-22(2)12-16-29-30(4,5)17-8-18-31(26,29)6/h11-12,14-15,19,23,26,28-29,32-33H,7-10,13,16-18,20H2,1-6H3,(H,34,35,36)/t23-,26+,28-,29+,31-/m1/s1. The highest BCUT2D eigenvalue weighted by molar-refractivity contribution is 7.80. The Hall–Kier alpha value is -1.83. The molecule has 5 atom stereocenters. The van der Waals surface area contributed by atoms with Crippen LogP contribution in [0.2, 0.25) is 0 Å². The van der Waals surface area contributed by atoms with Gasteiger partial charge in [-0.2, -0.15) is 8.42 Å². The molecule has 3 N–H and O–H groups in total. The van der Waals surface area contributed by atoms with Crippen LogP contribution >= 0.6 is 0 Å². The fourth-order valence-corrected chi connectivity index (χ4v) is 7.94. The van der Waals surface area contributed by atoms with Crippen molar-refractivity contribution in [3.05, 3.63) is 47.1 Å². The zero-order chi connectivity index (χ0) is 28.3. The molecule has 7 heteroatoms. The van der Waals surface area contributed by atoms with Crippen molar-refractivity contribution in [3.8, 4) is 11.5 Å². The molecule has 0 amide bonds. The van der Waals surface area contributed by atoms with Crippen LogP contribution in [-0.4, -0.2) is 29.3 Å². The Morgan fingerprint density at radius 1 is 1.21 bits per heavy atom. The van der Waals surface area contributed by atoms with Crippen LogP contribution in [0.15, 0.2) is 41.5 Å². The van der Waals surface area contributed by atoms with Gasteiger partial charge >= 0.3 is 10.4 Å². The van der Waals surface area contributed by atoms with Crippen LogP contribution in [0.3, 0.4) is 0 Å². The molecule has 2 aliphatic rings. The van der Waals surface area contributed by atoms with Gasteiger partial charge < -0.3 is 10.2 Å². The molecule has 0 bridgehead atoms. The van der Waals surface area contributed by atoms with Gasteiger partial charge in [0.15, 0.2) is 0 Å². The molecule has 0 heterocycles. The predicted octanol–water partition coefficient (Wildman–Crippen LogP) is 7.77. The summed E-state index contributed by atoms with van der Waals surface area (Å²) < 4.78 is 38.7. The number of benzene rings is 1. The maximum absolute atomic E-state index is 11.9. The molecule has 0 radical (unpaired) electrons. The first-order valence-corrected chi connectivity index (χ1v) is 15.5. The Morgan fingerprint density at radius 2 is 1.92 bits per heavy atom. The number of allylic oxidation sites excluding steroid dienone is 4. The normalized spacial score (nSPS) is 27.3. The Bertz CT molecular complexity index is 1140. The largest absolute Gasteiger partial charge is 0.508 e. The van der Waals surface area contributed by atoms with Crippen LogP contribution in [0, 0.1) is 28.6 Å². The van der Waals surface area contributed by atoms with Crippen molar-refractivity contribution in [1.82, 2.24) is 0 Å². The molecule has 3 rings (SSSR count). The number of hydrogen-bond donors (Lipinski definition) is 3. The fraction of sp³-hybridized carbons (Fsp3) is 0.677. The number of aromatic hydroxyl groups is 2. The van der Waals surface area contributed by atoms with E-state index in [-0.39, 0.29) is 34.2 Å². The van der Waals surface area contributed by atoms with Gasteiger partial charge in [0.1, 0.15) is 11.5 Å². The van der Waals surface area contributed by atoms with Crippen molar-refractivity contribution < 1.29 is 27.4 Å². The summed E-state index contributed by atoms with van der Waals surface area (Å²) in [5, 5.41) is 19.7. The fourth-order valence-electron chi connectivity index (χ4n) is 7.36. The monoisotopic (exact) mass is 548 g/mol. The Balaban J connectivity index is 1.67. The minimum atomic E-state index is -4.57. The van der Waals surface area contributed by atoms with E-state index in [1.807, 2.05) is 19.9 Å². The van der Waals surface area contributed by atoms with Gasteiger partial charge in [-0.1, -0.05) is 57.4 Å². The molecule has 0 aliphatic heterocycles. The van der Waals surface area contributed by atoms with E-state index in [1.54, 1.807) is 6.07 Å². The molecule has 0 aromatic heterocycles. The molecular formula is C31H48O6S. The average molecular weight is 549 g/mol. The van der Waals surface area contributed by atoms with Crippen LogP contribution in [0.25, 0.3) is 0 Å². The number of phenols is 2. The molecule has 0 unspecified atom stereocenters. The lowest BCUT2D eigenvalue weighted by Crippen LogP contribution is -2.49. The van der Waals surface area contributed by atoms with E-state index in [4.69, 9.17) is 4.18 Å². The Kier molecular flexibility index (Phi) is 9.81. The summed E-state index contributed by atoms with van der Waals surface area (Å²) in [6, 6.07) is 4.52. The van der Waals surface area contributed by atoms with Gasteiger partial charge in [-0.15, -0.1) is 0 Å². The zero-order valence-corrected chi connectivity index (χ0v) is 24.9. The van der Waals surface area contributed by atoms with Crippen molar-refractivity contribution in [2.24, 2.45) is 28.6 Å². The molecule has 0 saturated heterocycles. The third-order valence-electron chi connectivity index (χ3n) is 9.61. The first-order valence-electron chi connectivity index (χ1n) is 14.1. The maximum Gasteiger partial charge on any atom is 0.397 e. The van der Waals surface area contributed by atoms with Gasteiger partial charge in [0.2, 0.25) is 0 Å². The molecule has 6 nitrogen and oxygen atoms in total. The molecule has 1 fully saturated rings. The minimum Gasteiger partial charge on any atom is -0.508 e. The summed E-state index contributed by atoms with van der Waals surface area (Å²) in [7, 11) is -4.57. The second-order valence-corrected chi connectivity index (χ2v) is 13.9. The van der Waals surface area contributed by atoms with Crippen LogP contribution in [0.4, 0.5) is 0 Å². The second-order valence-electron chi connectivity index (χ2n) is 12.9. The van der Waals surface area contributed by atoms with Crippen molar-refractivity contribution in [3.63, 3.8) is 0 Å². The van der Waals surface area contributed by atoms with Crippen molar-refractivity contribution in [2.75, 3.05) is 0 Å². The van der Waals surface area contributed by atoms with Crippen molar-refractivity contribution in [2.45, 2.75) is 105 Å². The molecular weight excluding hydrogens is 500 g/mol. The molecule has 38 heavy (non-hydrogen) atoms. The Morgan fingerprint density at radius 3 is 2.61 bits per heavy atom. The topological polar surface area (TPSA) is 104 Å². The number of hydrogen-bond acceptors (Lipinski definition) is 5. The lowest BCUT2D eigenvalue weighted by Gasteiger charge is -2.57. The first-order chi connectivity index (χ1) is 17.6. The molecule has 214 valence electrons. The van der Waals surface area contributed by atoms with E-state index < -0.39 is 16.5 Å². The van der Waals surface area contributed by atoms with Crippen molar-refractivity contribution >= 4 is 10.4 Å². The van der Waals surface area contributed by atoms with Gasteiger partial charge in [0, 0.05) is 5.56 Å². The summed E-state index contributed by atoms with van der Waals surface area (Å²) in [5.74, 6) is 0.996. The SMILES string of the molecule is CC(=CCc1cc(O)ccc1O)CCC[C@@H](C)[C@@H](C[C@H]1C(C)=CC[C@H]2C(C)(C)CCC[C@]12C)OS(=O)(=O)O. The van der Waals surface area contributed by atoms with E-state index in [0.29, 0.717) is 24.3 Å². The lowest BCUT2D eigenvalue weighted by molar-refractivity contribution is -0.0517. The summed E-state index contributed by atoms with van der Waals surface area (Å²) in [5.41, 5.74) is 3.47. The van der Waals surface area contributed by atoms with E-state index in [1.165, 1.54) is 30.5 Å². The summed E-state index contributed by atoms with van der Waals surface area (Å²) in [4.78, 5) is 0. The average Bonchev–Trinajstić information content (AvgIpc) is 2.79. The Labute approximate surface area is 230 Å². The van der Waals surface area contributed by atoms with Gasteiger partial charge in [-0.05, 0) is 112 Å². The number of phenolic OH excluding ortho intramolecular Hbond substituents is 2. The highest BCUT2D eigenvalue weighted by Gasteiger charge is 2.52. The van der Waals surface area contributed by atoms with Crippen LogP contribution < -0.4 is 0 Å². The van der Waals surface area contributed by atoms with E-state index in [0.717, 1.165) is 37.7 Å². The van der Waals surface area contributed by atoms with Gasteiger partial charge in [-0.3, -0.25) is 4.55 Å². The van der Waals surface area contributed by atoms with Crippen LogP contribution in [0.1, 0.15) is 98.5 Å². The minimum absolute atomic E-state index is 0.0479. The smallest absolute Gasteiger partial charge is 0.397 e. The van der Waals surface area contributed by atoms with E-state index >= 15 is 0 Å². The van der Waals surface area contributed by atoms with Gasteiger partial charge in [0.05, 0.1) is 6.10 Å². The van der Waals surface area contributed by atoms with E-state index in [9.17, 15) is 23.2 Å². The zero-order valence-electron chi connectivity index (χ0n) is 24.0. The van der Waals surface area contributed by atoms with Crippen molar-refractivity contribution in [1.29, 1.82) is 0 Å². The van der Waals surface area contributed by atoms with Crippen LogP contribution in [-0.2, 0) is 21.0 Å². The summed E-state index contributed by atoms with van der Waals surface area (Å²) >= 11 is 0. The summed E-state index contributed by atoms with van der Waals surface area (Å²) in [6.07, 6.45) is 12.0. The third kappa shape index (κ3) is 7.64. The number of rotatable bonds is 11.